The van der Waals surface area contributed by atoms with Gasteiger partial charge in [0.1, 0.15) is 0 Å². The van der Waals surface area contributed by atoms with Crippen LogP contribution in [0.15, 0.2) is 0 Å². The zero-order valence-corrected chi connectivity index (χ0v) is 18.8. The Morgan fingerprint density at radius 2 is 0.640 bits per heavy atom. The van der Waals surface area contributed by atoms with E-state index in [9.17, 15) is 0 Å². The molecule has 0 saturated heterocycles. The molecule has 1 rings (SSSR count). The standard InChI is InChI=1S/C5H5.2C4H10O2.3CO.Cr.Na/c1-2-4-5-3-1;2*1-5-3-4-6-2;3*1-2;;/h1-5H;2*3-4H2,1-2H3;;;;;/q;;;;;;;+1. The Hall–Kier alpha value is 0.592. The minimum absolute atomic E-state index is 0. The number of rotatable bonds is 6. The first-order valence-electron chi connectivity index (χ1n) is 6.07. The number of ether oxygens (including phenoxy) is 4. The molecule has 0 unspecified atom stereocenters. The summed E-state index contributed by atoms with van der Waals surface area (Å²) in [5.41, 5.74) is 0. The normalized spacial score (nSPS) is 9.36. The molecule has 0 aromatic heterocycles. The molecule has 0 aromatic rings. The zero-order valence-electron chi connectivity index (χ0n) is 15.5. The van der Waals surface area contributed by atoms with Gasteiger partial charge in [-0.05, 0) is 32.1 Å². The second-order valence-electron chi connectivity index (χ2n) is 2.93. The van der Waals surface area contributed by atoms with Crippen LogP contribution in [0.2, 0.25) is 0 Å². The predicted molar refractivity (Wildman–Crippen MR) is 80.8 cm³/mol. The Labute approximate surface area is 186 Å². The summed E-state index contributed by atoms with van der Waals surface area (Å²) < 4.78 is 41.1. The predicted octanol–water partition coefficient (Wildman–Crippen LogP) is -1.53. The van der Waals surface area contributed by atoms with Gasteiger partial charge in [0, 0.05) is 45.8 Å². The van der Waals surface area contributed by atoms with Crippen LogP contribution in [-0.2, 0) is 50.3 Å². The van der Waals surface area contributed by atoms with E-state index in [0.29, 0.717) is 26.4 Å². The molecule has 137 valence electrons. The van der Waals surface area contributed by atoms with E-state index in [1.54, 1.807) is 28.4 Å². The van der Waals surface area contributed by atoms with Crippen LogP contribution in [0.3, 0.4) is 0 Å². The fourth-order valence-electron chi connectivity index (χ4n) is 0.654. The van der Waals surface area contributed by atoms with Gasteiger partial charge in [-0.3, -0.25) is 0 Å². The molecule has 25 heavy (non-hydrogen) atoms. The first-order valence-corrected chi connectivity index (χ1v) is 6.07. The minimum Gasteiger partial charge on any atom is -0.0312 e. The van der Waals surface area contributed by atoms with Crippen LogP contribution >= 0.6 is 0 Å². The van der Waals surface area contributed by atoms with Crippen molar-refractivity contribution in [3.05, 3.63) is 52.1 Å². The van der Waals surface area contributed by atoms with Gasteiger partial charge in [0.05, 0.1) is 26.4 Å². The van der Waals surface area contributed by atoms with Crippen LogP contribution in [0.1, 0.15) is 0 Å². The van der Waals surface area contributed by atoms with Crippen molar-refractivity contribution in [2.24, 2.45) is 0 Å². The van der Waals surface area contributed by atoms with E-state index < -0.39 is 0 Å². The van der Waals surface area contributed by atoms with Crippen molar-refractivity contribution in [3.8, 4) is 0 Å². The molecule has 1 aliphatic rings. The van der Waals surface area contributed by atoms with Gasteiger partial charge in [-0.2, -0.15) is 0 Å². The molecule has 0 aromatic carbocycles. The van der Waals surface area contributed by atoms with Crippen LogP contribution in [0, 0.1) is 52.1 Å². The van der Waals surface area contributed by atoms with Crippen molar-refractivity contribution < 1.29 is 79.8 Å². The average Bonchev–Trinajstić information content (AvgIpc) is 3.24. The summed E-state index contributed by atoms with van der Waals surface area (Å²) in [6.45, 7) is 16.3. The van der Waals surface area contributed by atoms with Crippen LogP contribution in [0.4, 0.5) is 0 Å². The first-order chi connectivity index (χ1) is 11.3. The summed E-state index contributed by atoms with van der Waals surface area (Å²) in [7, 11) is 6.61. The molecule has 0 bridgehead atoms. The number of hydrogen-bond acceptors (Lipinski definition) is 4. The van der Waals surface area contributed by atoms with E-state index >= 15 is 0 Å². The van der Waals surface area contributed by atoms with Gasteiger partial charge >= 0.3 is 63.5 Å². The maximum atomic E-state index is 7.50. The fraction of sp³-hybridized carbons (Fsp3) is 0.500. The number of hydrogen-bond donors (Lipinski definition) is 0. The monoisotopic (exact) mass is 404 g/mol. The van der Waals surface area contributed by atoms with Crippen molar-refractivity contribution in [3.63, 3.8) is 0 Å². The fourth-order valence-corrected chi connectivity index (χ4v) is 0.654. The largest absolute Gasteiger partial charge is 1.00 e. The van der Waals surface area contributed by atoms with E-state index in [2.05, 4.69) is 38.9 Å². The molecule has 1 aliphatic carbocycles. The van der Waals surface area contributed by atoms with Crippen molar-refractivity contribution in [1.82, 2.24) is 0 Å². The summed E-state index contributed by atoms with van der Waals surface area (Å²) in [6.07, 6.45) is 10.0. The van der Waals surface area contributed by atoms with Gasteiger partial charge in [0.2, 0.25) is 0 Å². The van der Waals surface area contributed by atoms with Crippen molar-refractivity contribution in [2.45, 2.75) is 0 Å². The molecule has 9 heteroatoms. The quantitative estimate of drug-likeness (QED) is 0.232. The Balaban J connectivity index is -0.0000000326. The molecule has 0 aliphatic heterocycles. The molecule has 1 saturated carbocycles. The van der Waals surface area contributed by atoms with Gasteiger partial charge in [-0.15, -0.1) is 0 Å². The third-order valence-corrected chi connectivity index (χ3v) is 1.54. The zero-order chi connectivity index (χ0) is 19.2. The minimum atomic E-state index is 0. The third-order valence-electron chi connectivity index (χ3n) is 1.54. The Morgan fingerprint density at radius 1 is 0.520 bits per heavy atom. The second-order valence-corrected chi connectivity index (χ2v) is 2.93. The molecular weight excluding hydrogens is 379 g/mol. The van der Waals surface area contributed by atoms with E-state index in [0.717, 1.165) is 0 Å². The topological polar surface area (TPSA) is 96.6 Å². The molecule has 0 atom stereocenters. The van der Waals surface area contributed by atoms with E-state index in [1.807, 2.05) is 32.1 Å². The molecule has 0 spiro atoms. The molecule has 0 N–H and O–H groups in total. The molecule has 0 heterocycles. The molecule has 5 radical (unpaired) electrons. The summed E-state index contributed by atoms with van der Waals surface area (Å²) in [4.78, 5) is 0. The first kappa shape index (κ1) is 44.8. The van der Waals surface area contributed by atoms with Gasteiger partial charge in [-0.1, -0.05) is 0 Å². The maximum Gasteiger partial charge on any atom is 1.00 e. The van der Waals surface area contributed by atoms with Gasteiger partial charge in [0.15, 0.2) is 0 Å². The SMILES string of the molecule is COCCOC.COCCOC.[C-]#[O+].[C-]#[O+].[C-]#[O+].[CH]1[CH][CH][CH][CH]1.[Cr].[Na+]. The number of methoxy groups -OCH3 is 4. The van der Waals surface area contributed by atoms with Crippen LogP contribution in [0.5, 0.6) is 0 Å². The average molecular weight is 404 g/mol. The van der Waals surface area contributed by atoms with Crippen LogP contribution in [-0.4, -0.2) is 54.9 Å². The molecular formula is C16H25CrNaO7+. The Bertz CT molecular complexity index is 173. The second kappa shape index (κ2) is 74.1. The van der Waals surface area contributed by atoms with Gasteiger partial charge in [0.25, 0.3) is 0 Å². The smallest absolute Gasteiger partial charge is 0.0312 e. The summed E-state index contributed by atoms with van der Waals surface area (Å²) in [5.74, 6) is 0. The van der Waals surface area contributed by atoms with Crippen LogP contribution < -0.4 is 29.6 Å². The van der Waals surface area contributed by atoms with E-state index in [1.165, 1.54) is 0 Å². The van der Waals surface area contributed by atoms with E-state index in [4.69, 9.17) is 14.0 Å². The molecule has 7 nitrogen and oxygen atoms in total. The summed E-state index contributed by atoms with van der Waals surface area (Å²) >= 11 is 0. The Morgan fingerprint density at radius 3 is 0.720 bits per heavy atom. The van der Waals surface area contributed by atoms with Crippen molar-refractivity contribution in [1.29, 1.82) is 0 Å². The van der Waals surface area contributed by atoms with Crippen LogP contribution in [0.25, 0.3) is 0 Å². The summed E-state index contributed by atoms with van der Waals surface area (Å²) in [5, 5.41) is 0. The van der Waals surface area contributed by atoms with Gasteiger partial charge in [-0.25, -0.2) is 0 Å². The van der Waals surface area contributed by atoms with Gasteiger partial charge < -0.3 is 18.9 Å². The Kier molecular flexibility index (Phi) is 133. The van der Waals surface area contributed by atoms with E-state index in [-0.39, 0.29) is 46.9 Å². The van der Waals surface area contributed by atoms with Crippen molar-refractivity contribution in [2.75, 3.05) is 54.9 Å². The molecule has 0 amide bonds. The summed E-state index contributed by atoms with van der Waals surface area (Å²) in [6, 6.07) is 0. The molecule has 1 fully saturated rings. The maximum absolute atomic E-state index is 7.50. The third kappa shape index (κ3) is 93.4. The van der Waals surface area contributed by atoms with Crippen molar-refractivity contribution >= 4 is 0 Å².